The molecule has 1 atom stereocenters. The Labute approximate surface area is 209 Å². The lowest BCUT2D eigenvalue weighted by Crippen LogP contribution is -2.59. The van der Waals surface area contributed by atoms with Crippen molar-refractivity contribution in [3.05, 3.63) is 69.8 Å². The van der Waals surface area contributed by atoms with Crippen LogP contribution >= 0.6 is 11.8 Å². The van der Waals surface area contributed by atoms with E-state index in [2.05, 4.69) is 24.5 Å². The van der Waals surface area contributed by atoms with E-state index in [-0.39, 0.29) is 23.5 Å². The number of amides is 2. The Kier molecular flexibility index (Phi) is 7.87. The van der Waals surface area contributed by atoms with Crippen LogP contribution in [0.5, 0.6) is 0 Å². The molecule has 0 radical (unpaired) electrons. The van der Waals surface area contributed by atoms with Gasteiger partial charge in [0.25, 0.3) is 5.69 Å². The monoisotopic (exact) mass is 494 g/mol. The molecule has 0 aromatic heterocycles. The molecule has 4 rings (SSSR count). The van der Waals surface area contributed by atoms with Gasteiger partial charge < -0.3 is 15.5 Å². The lowest BCUT2D eigenvalue weighted by Gasteiger charge is -2.34. The van der Waals surface area contributed by atoms with Crippen molar-refractivity contribution >= 4 is 35.3 Å². The van der Waals surface area contributed by atoms with Gasteiger partial charge in [-0.15, -0.1) is 0 Å². The van der Waals surface area contributed by atoms with E-state index in [0.717, 1.165) is 23.3 Å². The zero-order valence-corrected chi connectivity index (χ0v) is 20.7. The fourth-order valence-corrected chi connectivity index (χ4v) is 5.21. The molecular weight excluding hydrogens is 464 g/mol. The average molecular weight is 495 g/mol. The molecule has 1 aliphatic carbocycles. The van der Waals surface area contributed by atoms with E-state index >= 15 is 0 Å². The second-order valence-corrected chi connectivity index (χ2v) is 10.2. The van der Waals surface area contributed by atoms with Gasteiger partial charge in [-0.05, 0) is 48.1 Å². The molecule has 35 heavy (non-hydrogen) atoms. The van der Waals surface area contributed by atoms with Gasteiger partial charge in [0.2, 0.25) is 11.8 Å². The van der Waals surface area contributed by atoms with Crippen molar-refractivity contribution in [2.75, 3.05) is 19.6 Å². The van der Waals surface area contributed by atoms with E-state index in [1.54, 1.807) is 23.1 Å². The third-order valence-electron chi connectivity index (χ3n) is 6.11. The first-order chi connectivity index (χ1) is 16.8. The molecule has 1 heterocycles. The number of nitro benzene ring substituents is 1. The van der Waals surface area contributed by atoms with Crippen molar-refractivity contribution in [3.8, 4) is 0 Å². The molecule has 9 heteroatoms. The van der Waals surface area contributed by atoms with E-state index < -0.39 is 11.0 Å². The van der Waals surface area contributed by atoms with E-state index in [9.17, 15) is 19.7 Å². The van der Waals surface area contributed by atoms with Crippen LogP contribution in [0.2, 0.25) is 0 Å². The van der Waals surface area contributed by atoms with Crippen molar-refractivity contribution in [2.45, 2.75) is 54.5 Å². The van der Waals surface area contributed by atoms with Crippen LogP contribution in [-0.4, -0.2) is 53.4 Å². The number of benzene rings is 2. The van der Waals surface area contributed by atoms with E-state index in [1.807, 2.05) is 24.3 Å². The number of nitrogens with zero attached hydrogens (tertiary/aromatic N) is 2. The number of rotatable bonds is 8. The van der Waals surface area contributed by atoms with Gasteiger partial charge in [-0.3, -0.25) is 19.7 Å². The second-order valence-electron chi connectivity index (χ2n) is 9.15. The summed E-state index contributed by atoms with van der Waals surface area (Å²) in [6.07, 6.45) is 4.93. The molecule has 2 aliphatic rings. The summed E-state index contributed by atoms with van der Waals surface area (Å²) in [4.78, 5) is 40.0. The van der Waals surface area contributed by atoms with Gasteiger partial charge in [0, 0.05) is 42.7 Å². The number of hydrogen-bond acceptors (Lipinski definition) is 6. The molecule has 2 fully saturated rings. The Hall–Kier alpha value is -3.17. The maximum absolute atomic E-state index is 12.9. The Morgan fingerprint density at radius 3 is 2.69 bits per heavy atom. The maximum atomic E-state index is 12.9. The van der Waals surface area contributed by atoms with Gasteiger partial charge in [0.05, 0.1) is 9.82 Å². The Bertz CT molecular complexity index is 1150. The van der Waals surface area contributed by atoms with Crippen molar-refractivity contribution in [2.24, 2.45) is 0 Å². The van der Waals surface area contributed by atoms with Gasteiger partial charge in [-0.1, -0.05) is 49.9 Å². The zero-order chi connectivity index (χ0) is 24.9. The lowest BCUT2D eigenvalue weighted by atomic mass is 10.0. The molecule has 8 nitrogen and oxygen atoms in total. The largest absolute Gasteiger partial charge is 0.352 e. The first-order valence-electron chi connectivity index (χ1n) is 11.9. The Morgan fingerprint density at radius 1 is 1.20 bits per heavy atom. The molecule has 2 aromatic carbocycles. The summed E-state index contributed by atoms with van der Waals surface area (Å²) in [7, 11) is 0. The molecule has 1 saturated carbocycles. The second kappa shape index (κ2) is 11.0. The van der Waals surface area contributed by atoms with Crippen LogP contribution in [0, 0.1) is 10.1 Å². The Balaban J connectivity index is 1.50. The molecule has 0 spiro atoms. The molecule has 2 aromatic rings. The van der Waals surface area contributed by atoms with Crippen LogP contribution in [0.1, 0.15) is 43.7 Å². The minimum Gasteiger partial charge on any atom is -0.352 e. The third-order valence-corrected chi connectivity index (χ3v) is 7.27. The minimum absolute atomic E-state index is 0.00739. The van der Waals surface area contributed by atoms with Crippen LogP contribution in [0.25, 0.3) is 6.08 Å². The number of carbonyl (C=O) groups is 2. The molecule has 1 aliphatic heterocycles. The number of hydrogen-bond donors (Lipinski definition) is 2. The van der Waals surface area contributed by atoms with Gasteiger partial charge >= 0.3 is 0 Å². The molecule has 184 valence electrons. The molecule has 0 bridgehead atoms. The minimum atomic E-state index is -0.560. The smallest absolute Gasteiger partial charge is 0.283 e. The van der Waals surface area contributed by atoms with E-state index in [0.29, 0.717) is 36.0 Å². The highest BCUT2D eigenvalue weighted by atomic mass is 32.2. The number of piperazine rings is 1. The summed E-state index contributed by atoms with van der Waals surface area (Å²) in [5.74, 6) is -0.124. The topological polar surface area (TPSA) is 105 Å². The summed E-state index contributed by atoms with van der Waals surface area (Å²) < 4.78 is 0. The predicted molar refractivity (Wildman–Crippen MR) is 136 cm³/mol. The molecule has 1 unspecified atom stereocenters. The van der Waals surface area contributed by atoms with Crippen LogP contribution in [0.3, 0.4) is 0 Å². The number of nitrogens with one attached hydrogen (secondary N) is 2. The molecule has 2 N–H and O–H groups in total. The summed E-state index contributed by atoms with van der Waals surface area (Å²) in [5.41, 5.74) is 1.69. The normalized spacial score (nSPS) is 18.1. The van der Waals surface area contributed by atoms with Crippen molar-refractivity contribution in [1.29, 1.82) is 0 Å². The lowest BCUT2D eigenvalue weighted by molar-refractivity contribution is -0.387. The highest BCUT2D eigenvalue weighted by Crippen LogP contribution is 2.39. The van der Waals surface area contributed by atoms with Crippen molar-refractivity contribution in [1.82, 2.24) is 15.5 Å². The molecule has 2 amide bonds. The summed E-state index contributed by atoms with van der Waals surface area (Å²) in [6.45, 7) is 5.64. The van der Waals surface area contributed by atoms with Gasteiger partial charge in [0.1, 0.15) is 6.04 Å². The van der Waals surface area contributed by atoms with Crippen LogP contribution in [0.15, 0.2) is 58.3 Å². The molecular formula is C26H30N4O4S. The third kappa shape index (κ3) is 6.29. The number of nitro groups is 1. The summed E-state index contributed by atoms with van der Waals surface area (Å²) in [6, 6.07) is 12.5. The first-order valence-corrected chi connectivity index (χ1v) is 12.7. The maximum Gasteiger partial charge on any atom is 0.283 e. The predicted octanol–water partition coefficient (Wildman–Crippen LogP) is 3.96. The first kappa shape index (κ1) is 24.9. The quantitative estimate of drug-likeness (QED) is 0.327. The highest BCUT2D eigenvalue weighted by molar-refractivity contribution is 7.99. The SMILES string of the molecule is CC(C)c1ccccc1Sc1ccc(/C=C/C(=O)N2CCNCC2C(=O)NC2CC2)cc1[N+](=O)[O-]. The van der Waals surface area contributed by atoms with Gasteiger partial charge in [0.15, 0.2) is 0 Å². The van der Waals surface area contributed by atoms with Crippen molar-refractivity contribution < 1.29 is 14.5 Å². The fourth-order valence-electron chi connectivity index (χ4n) is 4.03. The van der Waals surface area contributed by atoms with Gasteiger partial charge in [-0.25, -0.2) is 0 Å². The zero-order valence-electron chi connectivity index (χ0n) is 19.9. The van der Waals surface area contributed by atoms with E-state index in [1.165, 1.54) is 23.9 Å². The highest BCUT2D eigenvalue weighted by Gasteiger charge is 2.34. The average Bonchev–Trinajstić information content (AvgIpc) is 3.67. The molecule has 1 saturated heterocycles. The van der Waals surface area contributed by atoms with Crippen molar-refractivity contribution in [3.63, 3.8) is 0 Å². The van der Waals surface area contributed by atoms with Crippen LogP contribution in [0.4, 0.5) is 5.69 Å². The van der Waals surface area contributed by atoms with Crippen LogP contribution in [-0.2, 0) is 9.59 Å². The summed E-state index contributed by atoms with van der Waals surface area (Å²) in [5, 5.41) is 18.0. The standard InChI is InChI=1S/C26H30N4O4S/c1-17(2)20-5-3-4-6-23(20)35-24-11-7-18(15-21(24)30(33)34)8-12-25(31)29-14-13-27-16-22(29)26(32)28-19-9-10-19/h3-8,11-12,15,17,19,22,27H,9-10,13-14,16H2,1-2H3,(H,28,32)/b12-8+. The summed E-state index contributed by atoms with van der Waals surface area (Å²) >= 11 is 1.37. The van der Waals surface area contributed by atoms with E-state index in [4.69, 9.17) is 0 Å². The number of carbonyl (C=O) groups excluding carboxylic acids is 2. The Morgan fingerprint density at radius 2 is 1.97 bits per heavy atom. The fraction of sp³-hybridized carbons (Fsp3) is 0.385. The van der Waals surface area contributed by atoms with Gasteiger partial charge in [-0.2, -0.15) is 0 Å². The van der Waals surface area contributed by atoms with Crippen LogP contribution < -0.4 is 10.6 Å².